The van der Waals surface area contributed by atoms with Crippen LogP contribution in [0.25, 0.3) is 10.8 Å². The highest BCUT2D eigenvalue weighted by atomic mass is 16.5. The van der Waals surface area contributed by atoms with Crippen LogP contribution in [0.3, 0.4) is 0 Å². The van der Waals surface area contributed by atoms with Gasteiger partial charge in [-0.05, 0) is 22.9 Å². The molecule has 1 unspecified atom stereocenters. The Morgan fingerprint density at radius 2 is 1.66 bits per heavy atom. The first-order valence-electron chi connectivity index (χ1n) is 9.69. The van der Waals surface area contributed by atoms with E-state index in [1.54, 1.807) is 19.9 Å². The molecule has 0 fully saturated rings. The number of hydrogen-bond acceptors (Lipinski definition) is 3. The maximum absolute atomic E-state index is 12.9. The van der Waals surface area contributed by atoms with Gasteiger partial charge in [-0.2, -0.15) is 0 Å². The summed E-state index contributed by atoms with van der Waals surface area (Å²) < 4.78 is 6.07. The average Bonchev–Trinajstić information content (AvgIpc) is 2.72. The Hall–Kier alpha value is -3.34. The van der Waals surface area contributed by atoms with Gasteiger partial charge in [0.25, 0.3) is 5.91 Å². The van der Waals surface area contributed by atoms with E-state index in [0.29, 0.717) is 24.3 Å². The number of aliphatic carboxylic acids is 1. The number of carbonyl (C=O) groups is 2. The van der Waals surface area contributed by atoms with Gasteiger partial charge >= 0.3 is 5.97 Å². The summed E-state index contributed by atoms with van der Waals surface area (Å²) in [6.45, 7) is 3.93. The number of fused-ring (bicyclic) bond motifs is 1. The highest BCUT2D eigenvalue weighted by Gasteiger charge is 2.26. The zero-order chi connectivity index (χ0) is 20.8. The van der Waals surface area contributed by atoms with Gasteiger partial charge in [-0.3, -0.25) is 4.79 Å². The van der Waals surface area contributed by atoms with Crippen LogP contribution in [0.5, 0.6) is 5.75 Å². The Kier molecular flexibility index (Phi) is 6.50. The fourth-order valence-corrected chi connectivity index (χ4v) is 3.23. The molecule has 29 heavy (non-hydrogen) atoms. The molecule has 1 amide bonds. The number of ether oxygens (including phenoxy) is 1. The molecule has 5 nitrogen and oxygen atoms in total. The highest BCUT2D eigenvalue weighted by molar-refractivity contribution is 6.04. The summed E-state index contributed by atoms with van der Waals surface area (Å²) in [4.78, 5) is 24.4. The molecule has 0 saturated carbocycles. The van der Waals surface area contributed by atoms with Crippen LogP contribution in [-0.4, -0.2) is 29.6 Å². The van der Waals surface area contributed by atoms with Crippen molar-refractivity contribution in [3.63, 3.8) is 0 Å². The molecule has 1 atom stereocenters. The molecule has 0 spiro atoms. The van der Waals surface area contributed by atoms with Crippen LogP contribution < -0.4 is 10.1 Å². The van der Waals surface area contributed by atoms with Crippen molar-refractivity contribution in [1.82, 2.24) is 5.32 Å². The van der Waals surface area contributed by atoms with Crippen LogP contribution in [-0.2, 0) is 11.2 Å². The molecule has 0 aliphatic carbocycles. The fourth-order valence-electron chi connectivity index (χ4n) is 3.23. The van der Waals surface area contributed by atoms with Gasteiger partial charge in [0.2, 0.25) is 0 Å². The van der Waals surface area contributed by atoms with Crippen LogP contribution in [0.4, 0.5) is 0 Å². The van der Waals surface area contributed by atoms with E-state index in [9.17, 15) is 14.7 Å². The van der Waals surface area contributed by atoms with E-state index >= 15 is 0 Å². The molecule has 0 aliphatic heterocycles. The van der Waals surface area contributed by atoms with Gasteiger partial charge in [0.15, 0.2) is 0 Å². The van der Waals surface area contributed by atoms with E-state index in [2.05, 4.69) is 5.32 Å². The van der Waals surface area contributed by atoms with Crippen LogP contribution in [0.15, 0.2) is 66.7 Å². The Morgan fingerprint density at radius 3 is 2.34 bits per heavy atom. The van der Waals surface area contributed by atoms with Crippen LogP contribution in [0.1, 0.15) is 29.8 Å². The lowest BCUT2D eigenvalue weighted by Gasteiger charge is -2.20. The third kappa shape index (κ3) is 4.93. The first-order valence-corrected chi connectivity index (χ1v) is 9.69. The Labute approximate surface area is 170 Å². The molecule has 2 N–H and O–H groups in total. The molecule has 0 aliphatic rings. The molecule has 3 aromatic rings. The molecule has 0 radical (unpaired) electrons. The predicted molar refractivity (Wildman–Crippen MR) is 113 cm³/mol. The monoisotopic (exact) mass is 391 g/mol. The third-order valence-electron chi connectivity index (χ3n) is 4.82. The van der Waals surface area contributed by atoms with Crippen molar-refractivity contribution in [2.75, 3.05) is 6.61 Å². The van der Waals surface area contributed by atoms with Gasteiger partial charge < -0.3 is 15.2 Å². The van der Waals surface area contributed by atoms with Crippen molar-refractivity contribution in [3.05, 3.63) is 77.9 Å². The summed E-state index contributed by atoms with van der Waals surface area (Å²) >= 11 is 0. The summed E-state index contributed by atoms with van der Waals surface area (Å²) in [6.07, 6.45) is 0.703. The Bertz CT molecular complexity index is 998. The minimum Gasteiger partial charge on any atom is -0.492 e. The number of amides is 1. The lowest BCUT2D eigenvalue weighted by atomic mass is 10.0. The maximum Gasteiger partial charge on any atom is 0.326 e. The number of benzene rings is 3. The second-order valence-electron chi connectivity index (χ2n) is 7.28. The van der Waals surface area contributed by atoms with Crippen molar-refractivity contribution < 1.29 is 19.4 Å². The minimum atomic E-state index is -1.05. The van der Waals surface area contributed by atoms with Crippen LogP contribution in [0, 0.1) is 5.92 Å². The quantitative estimate of drug-likeness (QED) is 0.600. The third-order valence-corrected chi connectivity index (χ3v) is 4.82. The topological polar surface area (TPSA) is 75.6 Å². The highest BCUT2D eigenvalue weighted by Crippen LogP contribution is 2.30. The van der Waals surface area contributed by atoms with E-state index in [1.165, 1.54) is 0 Å². The molecular weight excluding hydrogens is 366 g/mol. The molecular formula is C24H25NO4. The van der Waals surface area contributed by atoms with E-state index in [-0.39, 0.29) is 5.92 Å². The van der Waals surface area contributed by atoms with Gasteiger partial charge in [0, 0.05) is 11.8 Å². The van der Waals surface area contributed by atoms with Crippen molar-refractivity contribution in [2.24, 2.45) is 5.92 Å². The summed E-state index contributed by atoms with van der Waals surface area (Å²) in [5.41, 5.74) is 1.48. The van der Waals surface area contributed by atoms with Gasteiger partial charge in [-0.1, -0.05) is 74.5 Å². The molecule has 0 aromatic heterocycles. The SMILES string of the molecule is CC(C)C(NC(=O)c1ccc2ccccc2c1OCCc1ccccc1)C(=O)O. The number of carboxylic acids is 1. The van der Waals surface area contributed by atoms with Gasteiger partial charge in [-0.15, -0.1) is 0 Å². The molecule has 0 bridgehead atoms. The van der Waals surface area contributed by atoms with E-state index in [1.807, 2.05) is 60.7 Å². The lowest BCUT2D eigenvalue weighted by molar-refractivity contribution is -0.140. The fraction of sp³-hybridized carbons (Fsp3) is 0.250. The number of carboxylic acid groups (broad SMARTS) is 1. The molecule has 0 saturated heterocycles. The van der Waals surface area contributed by atoms with Crippen molar-refractivity contribution in [3.8, 4) is 5.75 Å². The first-order chi connectivity index (χ1) is 14.0. The summed E-state index contributed by atoms with van der Waals surface area (Å²) in [7, 11) is 0. The molecule has 5 heteroatoms. The second-order valence-corrected chi connectivity index (χ2v) is 7.28. The number of hydrogen-bond donors (Lipinski definition) is 2. The normalized spacial score (nSPS) is 12.0. The average molecular weight is 391 g/mol. The second kappa shape index (κ2) is 9.24. The Balaban J connectivity index is 1.89. The van der Waals surface area contributed by atoms with Gasteiger partial charge in [0.05, 0.1) is 12.2 Å². The van der Waals surface area contributed by atoms with E-state index in [0.717, 1.165) is 16.3 Å². The lowest BCUT2D eigenvalue weighted by Crippen LogP contribution is -2.44. The summed E-state index contributed by atoms with van der Waals surface area (Å²) in [6, 6.07) is 20.2. The Morgan fingerprint density at radius 1 is 0.966 bits per heavy atom. The zero-order valence-corrected chi connectivity index (χ0v) is 16.6. The van der Waals surface area contributed by atoms with Crippen molar-refractivity contribution >= 4 is 22.6 Å². The van der Waals surface area contributed by atoms with E-state index < -0.39 is 17.9 Å². The minimum absolute atomic E-state index is 0.237. The standard InChI is InChI=1S/C24H25NO4/c1-16(2)21(24(27)28)25-23(26)20-13-12-18-10-6-7-11-19(18)22(20)29-15-14-17-8-4-3-5-9-17/h3-13,16,21H,14-15H2,1-2H3,(H,25,26)(H,27,28). The summed E-state index contributed by atoms with van der Waals surface area (Å²) in [5.74, 6) is -1.27. The number of carbonyl (C=O) groups excluding carboxylic acids is 1. The maximum atomic E-state index is 12.9. The predicted octanol–water partition coefficient (Wildman–Crippen LogP) is 4.30. The number of rotatable bonds is 8. The molecule has 3 aromatic carbocycles. The van der Waals surface area contributed by atoms with Gasteiger partial charge in [-0.25, -0.2) is 4.79 Å². The van der Waals surface area contributed by atoms with Crippen molar-refractivity contribution in [2.45, 2.75) is 26.3 Å². The number of nitrogens with one attached hydrogen (secondary N) is 1. The van der Waals surface area contributed by atoms with Crippen molar-refractivity contribution in [1.29, 1.82) is 0 Å². The molecule has 0 heterocycles. The van der Waals surface area contributed by atoms with Gasteiger partial charge in [0.1, 0.15) is 11.8 Å². The van der Waals surface area contributed by atoms with Crippen LogP contribution >= 0.6 is 0 Å². The van der Waals surface area contributed by atoms with E-state index in [4.69, 9.17) is 4.74 Å². The van der Waals surface area contributed by atoms with Crippen LogP contribution in [0.2, 0.25) is 0 Å². The first kappa shape index (κ1) is 20.4. The molecule has 150 valence electrons. The zero-order valence-electron chi connectivity index (χ0n) is 16.6. The molecule has 3 rings (SSSR count). The smallest absolute Gasteiger partial charge is 0.326 e. The largest absolute Gasteiger partial charge is 0.492 e. The summed E-state index contributed by atoms with van der Waals surface area (Å²) in [5, 5.41) is 13.8.